The molecule has 0 aliphatic carbocycles. The minimum absolute atomic E-state index is 0.0593. The number of hydrogen-bond acceptors (Lipinski definition) is 5. The van der Waals surface area contributed by atoms with E-state index in [0.717, 1.165) is 22.4 Å². The Balaban J connectivity index is 1.98. The highest BCUT2D eigenvalue weighted by Gasteiger charge is 2.21. The van der Waals surface area contributed by atoms with Crippen LogP contribution in [0.1, 0.15) is 31.4 Å². The van der Waals surface area contributed by atoms with Crippen molar-refractivity contribution in [1.82, 2.24) is 5.32 Å². The van der Waals surface area contributed by atoms with Gasteiger partial charge in [-0.3, -0.25) is 9.10 Å². The first kappa shape index (κ1) is 25.5. The van der Waals surface area contributed by atoms with Crippen molar-refractivity contribution in [3.05, 3.63) is 58.1 Å². The van der Waals surface area contributed by atoms with Gasteiger partial charge in [0.25, 0.3) is 0 Å². The second-order valence-electron chi connectivity index (χ2n) is 7.16. The average Bonchev–Trinajstić information content (AvgIpc) is 2.66. The maximum Gasteiger partial charge on any atom is 0.232 e. The van der Waals surface area contributed by atoms with E-state index in [1.54, 1.807) is 25.1 Å². The maximum atomic E-state index is 12.3. The fourth-order valence-electron chi connectivity index (χ4n) is 2.93. The molecule has 170 valence electrons. The van der Waals surface area contributed by atoms with E-state index in [4.69, 9.17) is 23.2 Å². The van der Waals surface area contributed by atoms with E-state index >= 15 is 0 Å². The first-order valence-corrected chi connectivity index (χ1v) is 13.8. The monoisotopic (exact) mass is 506 g/mol. The molecular weight excluding hydrogens is 483 g/mol. The lowest BCUT2D eigenvalue weighted by molar-refractivity contribution is -0.121. The molecule has 0 radical (unpaired) electrons. The smallest absolute Gasteiger partial charge is 0.232 e. The molecule has 0 spiro atoms. The van der Waals surface area contributed by atoms with Gasteiger partial charge in [0.05, 0.1) is 27.9 Å². The van der Waals surface area contributed by atoms with Crippen LogP contribution < -0.4 is 9.62 Å². The number of anilines is 1. The van der Waals surface area contributed by atoms with Gasteiger partial charge in [0.1, 0.15) is 0 Å². The van der Waals surface area contributed by atoms with E-state index in [1.807, 2.05) is 0 Å². The molecule has 0 fully saturated rings. The highest BCUT2D eigenvalue weighted by Crippen LogP contribution is 2.31. The molecule has 0 aromatic heterocycles. The second kappa shape index (κ2) is 10.2. The molecule has 0 aliphatic rings. The highest BCUT2D eigenvalue weighted by molar-refractivity contribution is 7.92. The van der Waals surface area contributed by atoms with Crippen molar-refractivity contribution < 1.29 is 21.6 Å². The van der Waals surface area contributed by atoms with E-state index in [-0.39, 0.29) is 46.9 Å². The van der Waals surface area contributed by atoms with Gasteiger partial charge in [0, 0.05) is 24.2 Å². The van der Waals surface area contributed by atoms with E-state index < -0.39 is 19.9 Å². The number of hydrogen-bond donors (Lipinski definition) is 1. The molecule has 0 unspecified atom stereocenters. The van der Waals surface area contributed by atoms with Gasteiger partial charge in [-0.1, -0.05) is 35.3 Å². The van der Waals surface area contributed by atoms with Crippen molar-refractivity contribution in [2.45, 2.75) is 30.7 Å². The molecule has 0 saturated heterocycles. The Hall–Kier alpha value is -1.81. The summed E-state index contributed by atoms with van der Waals surface area (Å²) in [6, 6.07) is 10.5. The molecule has 2 aromatic rings. The fraction of sp³-hybridized carbons (Fsp3) is 0.350. The number of rotatable bonds is 9. The topological polar surface area (TPSA) is 101 Å². The quantitative estimate of drug-likeness (QED) is 0.556. The third-order valence-corrected chi connectivity index (χ3v) is 7.39. The number of sulfone groups is 1. The highest BCUT2D eigenvalue weighted by atomic mass is 35.5. The zero-order valence-electron chi connectivity index (χ0n) is 17.3. The molecular formula is C20H24Cl2N2O5S2. The molecule has 0 heterocycles. The molecule has 1 amide bonds. The van der Waals surface area contributed by atoms with E-state index in [0.29, 0.717) is 5.02 Å². The van der Waals surface area contributed by atoms with Gasteiger partial charge in [-0.15, -0.1) is 0 Å². The molecule has 7 nitrogen and oxygen atoms in total. The summed E-state index contributed by atoms with van der Waals surface area (Å²) in [7, 11) is -6.92. The molecule has 0 saturated carbocycles. The van der Waals surface area contributed by atoms with Gasteiger partial charge in [0.15, 0.2) is 9.84 Å². The predicted octanol–water partition coefficient (Wildman–Crippen LogP) is 3.82. The number of nitrogens with one attached hydrogen (secondary N) is 1. The summed E-state index contributed by atoms with van der Waals surface area (Å²) < 4.78 is 48.6. The van der Waals surface area contributed by atoms with Crippen LogP contribution >= 0.6 is 23.2 Å². The Kier molecular flexibility index (Phi) is 8.38. The summed E-state index contributed by atoms with van der Waals surface area (Å²) in [5.74, 6) is -0.259. The van der Waals surface area contributed by atoms with Crippen LogP contribution in [0.5, 0.6) is 0 Å². The van der Waals surface area contributed by atoms with Gasteiger partial charge < -0.3 is 5.32 Å². The van der Waals surface area contributed by atoms with Crippen LogP contribution in [0.2, 0.25) is 10.0 Å². The van der Waals surface area contributed by atoms with Gasteiger partial charge in [0.2, 0.25) is 15.9 Å². The van der Waals surface area contributed by atoms with E-state index in [9.17, 15) is 21.6 Å². The Morgan fingerprint density at radius 1 is 1.03 bits per heavy atom. The minimum atomic E-state index is -3.63. The van der Waals surface area contributed by atoms with Crippen molar-refractivity contribution in [3.63, 3.8) is 0 Å². The number of sulfonamides is 1. The van der Waals surface area contributed by atoms with Crippen molar-refractivity contribution in [2.75, 3.05) is 23.4 Å². The lowest BCUT2D eigenvalue weighted by Crippen LogP contribution is -2.32. The molecule has 11 heteroatoms. The van der Waals surface area contributed by atoms with Crippen LogP contribution in [-0.4, -0.2) is 41.8 Å². The van der Waals surface area contributed by atoms with Crippen molar-refractivity contribution in [2.24, 2.45) is 0 Å². The molecule has 2 rings (SSSR count). The first-order valence-electron chi connectivity index (χ1n) is 9.31. The number of carbonyl (C=O) groups is 1. The molecule has 0 aliphatic heterocycles. The summed E-state index contributed by atoms with van der Waals surface area (Å²) >= 11 is 12.1. The van der Waals surface area contributed by atoms with Crippen LogP contribution in [-0.2, 0) is 24.7 Å². The zero-order chi connectivity index (χ0) is 23.4. The Morgan fingerprint density at radius 2 is 1.65 bits per heavy atom. The summed E-state index contributed by atoms with van der Waals surface area (Å²) in [4.78, 5) is 12.5. The molecule has 1 N–H and O–H groups in total. The zero-order valence-corrected chi connectivity index (χ0v) is 20.4. The van der Waals surface area contributed by atoms with Crippen molar-refractivity contribution in [1.29, 1.82) is 0 Å². The van der Waals surface area contributed by atoms with Crippen molar-refractivity contribution >= 4 is 54.7 Å². The van der Waals surface area contributed by atoms with Crippen LogP contribution in [0.4, 0.5) is 5.69 Å². The van der Waals surface area contributed by atoms with E-state index in [1.165, 1.54) is 24.3 Å². The first-order chi connectivity index (χ1) is 14.3. The Labute approximate surface area is 193 Å². The number of benzene rings is 2. The number of halogens is 2. The lowest BCUT2D eigenvalue weighted by atomic mass is 10.1. The minimum Gasteiger partial charge on any atom is -0.350 e. The normalized spacial score (nSPS) is 12.9. The predicted molar refractivity (Wildman–Crippen MR) is 124 cm³/mol. The van der Waals surface area contributed by atoms with E-state index in [2.05, 4.69) is 5.32 Å². The molecule has 1 atom stereocenters. The lowest BCUT2D eigenvalue weighted by Gasteiger charge is -2.23. The van der Waals surface area contributed by atoms with Crippen molar-refractivity contribution in [3.8, 4) is 0 Å². The van der Waals surface area contributed by atoms with Crippen LogP contribution in [0, 0.1) is 0 Å². The van der Waals surface area contributed by atoms with Gasteiger partial charge in [-0.2, -0.15) is 0 Å². The van der Waals surface area contributed by atoms with Gasteiger partial charge in [-0.25, -0.2) is 16.8 Å². The fourth-order valence-corrected chi connectivity index (χ4v) is 4.96. The summed E-state index contributed by atoms with van der Waals surface area (Å²) in [6.07, 6.45) is 2.55. The molecule has 0 bridgehead atoms. The van der Waals surface area contributed by atoms with Crippen LogP contribution in [0.15, 0.2) is 47.4 Å². The van der Waals surface area contributed by atoms with Crippen LogP contribution in [0.25, 0.3) is 0 Å². The SMILES string of the molecule is C[C@H](NC(=O)CCCN(c1cc(Cl)ccc1Cl)S(C)(=O)=O)c1ccc(S(C)(=O)=O)cc1. The van der Waals surface area contributed by atoms with Gasteiger partial charge >= 0.3 is 0 Å². The molecule has 31 heavy (non-hydrogen) atoms. The average molecular weight is 507 g/mol. The standard InChI is InChI=1S/C20H24Cl2N2O5S2/c1-14(15-6-9-17(10-7-15)30(2,26)27)23-20(25)5-4-12-24(31(3,28)29)19-13-16(21)8-11-18(19)22/h6-11,13-14H,4-5,12H2,1-3H3,(H,23,25)/t14-/m0/s1. The van der Waals surface area contributed by atoms with Gasteiger partial charge in [-0.05, 0) is 49.2 Å². The Bertz CT molecular complexity index is 1150. The third kappa shape index (κ3) is 7.38. The summed E-state index contributed by atoms with van der Waals surface area (Å²) in [6.45, 7) is 1.84. The third-order valence-electron chi connectivity index (χ3n) is 4.53. The number of nitrogens with zero attached hydrogens (tertiary/aromatic N) is 1. The summed E-state index contributed by atoms with van der Waals surface area (Å²) in [5.41, 5.74) is 1.01. The molecule has 2 aromatic carbocycles. The Morgan fingerprint density at radius 3 is 2.19 bits per heavy atom. The largest absolute Gasteiger partial charge is 0.350 e. The second-order valence-corrected chi connectivity index (χ2v) is 11.9. The number of carbonyl (C=O) groups excluding carboxylic acids is 1. The van der Waals surface area contributed by atoms with Crippen LogP contribution in [0.3, 0.4) is 0 Å². The summed E-state index contributed by atoms with van der Waals surface area (Å²) in [5, 5.41) is 3.41. The number of amides is 1. The maximum absolute atomic E-state index is 12.3.